The van der Waals surface area contributed by atoms with E-state index in [0.717, 1.165) is 0 Å². The van der Waals surface area contributed by atoms with Crippen LogP contribution < -0.4 is 5.32 Å². The summed E-state index contributed by atoms with van der Waals surface area (Å²) in [7, 11) is 0. The number of carbonyl (C=O) groups excluding carboxylic acids is 1. The molecule has 0 saturated heterocycles. The predicted molar refractivity (Wildman–Crippen MR) is 63.5 cm³/mol. The molecule has 2 aromatic heterocycles. The van der Waals surface area contributed by atoms with Gasteiger partial charge in [-0.1, -0.05) is 11.8 Å². The number of carbonyl (C=O) groups is 1. The molecule has 0 unspecified atom stereocenters. The molecule has 0 atom stereocenters. The van der Waals surface area contributed by atoms with Crippen LogP contribution in [0, 0.1) is 0 Å². The van der Waals surface area contributed by atoms with Gasteiger partial charge in [-0.15, -0.1) is 11.3 Å². The summed E-state index contributed by atoms with van der Waals surface area (Å²) < 4.78 is 0. The van der Waals surface area contributed by atoms with Gasteiger partial charge in [-0.25, -0.2) is 15.0 Å². The van der Waals surface area contributed by atoms with Gasteiger partial charge in [-0.05, 0) is 6.07 Å². The Kier molecular flexibility index (Phi) is 3.84. The van der Waals surface area contributed by atoms with Gasteiger partial charge in [0.05, 0.1) is 5.75 Å². The second-order valence-corrected chi connectivity index (χ2v) is 4.54. The van der Waals surface area contributed by atoms with E-state index in [1.54, 1.807) is 24.7 Å². The van der Waals surface area contributed by atoms with Crippen molar-refractivity contribution >= 4 is 34.1 Å². The monoisotopic (exact) mass is 252 g/mol. The molecule has 82 valence electrons. The molecule has 1 amide bonds. The average Bonchev–Trinajstić information content (AvgIpc) is 2.81. The second-order valence-electron chi connectivity index (χ2n) is 2.71. The fraction of sp³-hybridized carbons (Fsp3) is 0.111. The number of nitrogens with zero attached hydrogens (tertiary/aromatic N) is 3. The first-order valence-electron chi connectivity index (χ1n) is 4.44. The first-order chi connectivity index (χ1) is 7.84. The van der Waals surface area contributed by atoms with Gasteiger partial charge in [0.25, 0.3) is 0 Å². The van der Waals surface area contributed by atoms with Gasteiger partial charge in [0, 0.05) is 24.0 Å². The highest BCUT2D eigenvalue weighted by Crippen LogP contribution is 2.13. The topological polar surface area (TPSA) is 67.8 Å². The highest BCUT2D eigenvalue weighted by Gasteiger charge is 2.05. The molecule has 5 nitrogen and oxygen atoms in total. The molecule has 0 aromatic carbocycles. The molecule has 0 aliphatic rings. The van der Waals surface area contributed by atoms with Gasteiger partial charge in [0.15, 0.2) is 10.3 Å². The molecule has 2 heterocycles. The second kappa shape index (κ2) is 5.57. The van der Waals surface area contributed by atoms with Crippen molar-refractivity contribution in [2.24, 2.45) is 0 Å². The molecule has 0 aliphatic heterocycles. The van der Waals surface area contributed by atoms with Crippen molar-refractivity contribution in [2.75, 3.05) is 11.1 Å². The first-order valence-corrected chi connectivity index (χ1v) is 6.30. The van der Waals surface area contributed by atoms with Crippen LogP contribution in [0.1, 0.15) is 0 Å². The number of hydrogen-bond donors (Lipinski definition) is 1. The maximum Gasteiger partial charge on any atom is 0.236 e. The maximum atomic E-state index is 11.5. The zero-order valence-electron chi connectivity index (χ0n) is 8.16. The number of hydrogen-bond acceptors (Lipinski definition) is 6. The Bertz CT molecular complexity index is 446. The Morgan fingerprint density at radius 3 is 2.81 bits per heavy atom. The van der Waals surface area contributed by atoms with E-state index in [4.69, 9.17) is 0 Å². The van der Waals surface area contributed by atoms with Crippen molar-refractivity contribution in [3.63, 3.8) is 0 Å². The number of anilines is 1. The third-order valence-electron chi connectivity index (χ3n) is 1.55. The van der Waals surface area contributed by atoms with Crippen molar-refractivity contribution in [1.29, 1.82) is 0 Å². The van der Waals surface area contributed by atoms with Gasteiger partial charge < -0.3 is 5.32 Å². The van der Waals surface area contributed by atoms with Gasteiger partial charge in [0.1, 0.15) is 0 Å². The molecule has 7 heteroatoms. The van der Waals surface area contributed by atoms with Crippen molar-refractivity contribution in [3.8, 4) is 0 Å². The molecular formula is C9H8N4OS2. The van der Waals surface area contributed by atoms with E-state index in [0.29, 0.717) is 10.3 Å². The summed E-state index contributed by atoms with van der Waals surface area (Å²) in [6.45, 7) is 0. The highest BCUT2D eigenvalue weighted by molar-refractivity contribution is 7.99. The molecule has 0 fully saturated rings. The number of nitrogens with one attached hydrogen (secondary N) is 1. The summed E-state index contributed by atoms with van der Waals surface area (Å²) in [5.41, 5.74) is 0. The molecule has 2 aromatic rings. The summed E-state index contributed by atoms with van der Waals surface area (Å²) in [6, 6.07) is 1.74. The number of amides is 1. The SMILES string of the molecule is O=C(CSc1ncccn1)Nc1nccs1. The molecule has 0 saturated carbocycles. The summed E-state index contributed by atoms with van der Waals surface area (Å²) in [5.74, 6) is 0.177. The normalized spacial score (nSPS) is 10.0. The Hall–Kier alpha value is -1.47. The lowest BCUT2D eigenvalue weighted by Crippen LogP contribution is -2.13. The quantitative estimate of drug-likeness (QED) is 0.662. The first kappa shape index (κ1) is 11.0. The van der Waals surface area contributed by atoms with Crippen LogP contribution in [-0.2, 0) is 4.79 Å². The fourth-order valence-electron chi connectivity index (χ4n) is 0.931. The highest BCUT2D eigenvalue weighted by atomic mass is 32.2. The fourth-order valence-corrected chi connectivity index (χ4v) is 2.08. The Labute approximate surface area is 100 Å². The lowest BCUT2D eigenvalue weighted by atomic mass is 10.7. The van der Waals surface area contributed by atoms with E-state index < -0.39 is 0 Å². The zero-order chi connectivity index (χ0) is 11.2. The summed E-state index contributed by atoms with van der Waals surface area (Å²) in [5, 5.41) is 5.70. The van der Waals surface area contributed by atoms with Crippen molar-refractivity contribution in [1.82, 2.24) is 15.0 Å². The lowest BCUT2D eigenvalue weighted by molar-refractivity contribution is -0.113. The number of aromatic nitrogens is 3. The van der Waals surface area contributed by atoms with Gasteiger partial charge in [0.2, 0.25) is 5.91 Å². The molecule has 0 bridgehead atoms. The van der Waals surface area contributed by atoms with Crippen LogP contribution in [0.25, 0.3) is 0 Å². The average molecular weight is 252 g/mol. The van der Waals surface area contributed by atoms with E-state index in [9.17, 15) is 4.79 Å². The summed E-state index contributed by atoms with van der Waals surface area (Å²) in [4.78, 5) is 23.4. The minimum absolute atomic E-state index is 0.104. The van der Waals surface area contributed by atoms with E-state index in [-0.39, 0.29) is 11.7 Å². The number of rotatable bonds is 4. The van der Waals surface area contributed by atoms with Crippen LogP contribution in [0.2, 0.25) is 0 Å². The molecular weight excluding hydrogens is 244 g/mol. The standard InChI is InChI=1S/C9H8N4OS2/c14-7(13-9-12-4-5-15-9)6-16-8-10-2-1-3-11-8/h1-5H,6H2,(H,12,13,14). The van der Waals surface area contributed by atoms with Crippen molar-refractivity contribution < 1.29 is 4.79 Å². The molecule has 0 spiro atoms. The molecule has 0 radical (unpaired) electrons. The van der Waals surface area contributed by atoms with Crippen LogP contribution in [0.5, 0.6) is 0 Å². The van der Waals surface area contributed by atoms with Crippen LogP contribution in [-0.4, -0.2) is 26.6 Å². The van der Waals surface area contributed by atoms with E-state index >= 15 is 0 Å². The molecule has 1 N–H and O–H groups in total. The van der Waals surface area contributed by atoms with E-state index in [2.05, 4.69) is 20.3 Å². The molecule has 2 rings (SSSR count). The van der Waals surface area contributed by atoms with Gasteiger partial charge in [-0.3, -0.25) is 4.79 Å². The third kappa shape index (κ3) is 3.28. The summed E-state index contributed by atoms with van der Waals surface area (Å²) in [6.07, 6.45) is 4.94. The van der Waals surface area contributed by atoms with Crippen LogP contribution in [0.4, 0.5) is 5.13 Å². The van der Waals surface area contributed by atoms with Crippen LogP contribution in [0.3, 0.4) is 0 Å². The molecule has 0 aliphatic carbocycles. The largest absolute Gasteiger partial charge is 0.301 e. The minimum atomic E-state index is -0.104. The van der Waals surface area contributed by atoms with Gasteiger partial charge >= 0.3 is 0 Å². The van der Waals surface area contributed by atoms with Crippen LogP contribution in [0.15, 0.2) is 35.2 Å². The van der Waals surface area contributed by atoms with E-state index in [1.807, 2.05) is 5.38 Å². The smallest absolute Gasteiger partial charge is 0.236 e. The zero-order valence-corrected chi connectivity index (χ0v) is 9.79. The summed E-state index contributed by atoms with van der Waals surface area (Å²) >= 11 is 2.68. The Morgan fingerprint density at radius 1 is 1.31 bits per heavy atom. The van der Waals surface area contributed by atoms with Crippen LogP contribution >= 0.6 is 23.1 Å². The van der Waals surface area contributed by atoms with E-state index in [1.165, 1.54) is 23.1 Å². The Morgan fingerprint density at radius 2 is 2.12 bits per heavy atom. The maximum absolute atomic E-state index is 11.5. The van der Waals surface area contributed by atoms with Crippen molar-refractivity contribution in [3.05, 3.63) is 30.0 Å². The lowest BCUT2D eigenvalue weighted by Gasteiger charge is -2.00. The minimum Gasteiger partial charge on any atom is -0.301 e. The van der Waals surface area contributed by atoms with Crippen molar-refractivity contribution in [2.45, 2.75) is 5.16 Å². The van der Waals surface area contributed by atoms with Gasteiger partial charge in [-0.2, -0.15) is 0 Å². The predicted octanol–water partition coefficient (Wildman–Crippen LogP) is 1.66. The Balaban J connectivity index is 1.80. The molecule has 16 heavy (non-hydrogen) atoms. The third-order valence-corrected chi connectivity index (χ3v) is 3.12. The number of thiazole rings is 1. The number of thioether (sulfide) groups is 1.